The van der Waals surface area contributed by atoms with E-state index in [1.807, 2.05) is 0 Å². The van der Waals surface area contributed by atoms with Crippen LogP contribution < -0.4 is 5.73 Å². The minimum atomic E-state index is -0.192. The van der Waals surface area contributed by atoms with E-state index in [2.05, 4.69) is 10.1 Å². The first-order valence-electron chi connectivity index (χ1n) is 4.47. The largest absolute Gasteiger partial charge is 0.321 e. The Kier molecular flexibility index (Phi) is 1.44. The van der Waals surface area contributed by atoms with Crippen LogP contribution in [0.1, 0.15) is 18.4 Å². The summed E-state index contributed by atoms with van der Waals surface area (Å²) in [5.74, 6) is 0. The zero-order valence-electron chi connectivity index (χ0n) is 7.44. The van der Waals surface area contributed by atoms with Gasteiger partial charge in [-0.15, -0.1) is 0 Å². The number of aromatic nitrogens is 3. The molecule has 2 N–H and O–H groups in total. The summed E-state index contributed by atoms with van der Waals surface area (Å²) in [4.78, 5) is 4.24. The lowest BCUT2D eigenvalue weighted by Gasteiger charge is -2.04. The van der Waals surface area contributed by atoms with Crippen molar-refractivity contribution in [3.8, 4) is 0 Å². The molecular weight excluding hydrogens is 200 g/mol. The Balaban J connectivity index is 2.27. The van der Waals surface area contributed by atoms with E-state index in [-0.39, 0.29) is 5.54 Å². The zero-order chi connectivity index (χ0) is 9.76. The van der Waals surface area contributed by atoms with E-state index in [1.165, 1.54) is 0 Å². The summed E-state index contributed by atoms with van der Waals surface area (Å²) in [6.07, 6.45) is 7.16. The van der Waals surface area contributed by atoms with Crippen LogP contribution in [0.5, 0.6) is 0 Å². The minimum absolute atomic E-state index is 0.192. The van der Waals surface area contributed by atoms with Gasteiger partial charge in [-0.25, -0.2) is 9.50 Å². The summed E-state index contributed by atoms with van der Waals surface area (Å²) in [7, 11) is 0. The third-order valence-electron chi connectivity index (χ3n) is 2.65. The molecule has 1 aliphatic rings. The minimum Gasteiger partial charge on any atom is -0.321 e. The first-order valence-corrected chi connectivity index (χ1v) is 4.85. The molecule has 3 rings (SSSR count). The van der Waals surface area contributed by atoms with Crippen LogP contribution >= 0.6 is 11.6 Å². The Bertz CT molecular complexity index is 500. The van der Waals surface area contributed by atoms with E-state index in [4.69, 9.17) is 17.3 Å². The van der Waals surface area contributed by atoms with E-state index in [0.29, 0.717) is 5.02 Å². The van der Waals surface area contributed by atoms with Gasteiger partial charge in [-0.05, 0) is 12.8 Å². The van der Waals surface area contributed by atoms with Crippen LogP contribution in [0.25, 0.3) is 5.65 Å². The number of nitrogens with two attached hydrogens (primary N) is 1. The number of hydrogen-bond acceptors (Lipinski definition) is 3. The number of hydrogen-bond donors (Lipinski definition) is 1. The smallest absolute Gasteiger partial charge is 0.160 e. The maximum absolute atomic E-state index is 6.09. The molecule has 0 saturated heterocycles. The van der Waals surface area contributed by atoms with Crippen molar-refractivity contribution in [1.29, 1.82) is 0 Å². The molecule has 1 aliphatic carbocycles. The fourth-order valence-corrected chi connectivity index (χ4v) is 1.75. The van der Waals surface area contributed by atoms with Gasteiger partial charge in [-0.3, -0.25) is 0 Å². The molecule has 4 nitrogen and oxygen atoms in total. The molecule has 0 spiro atoms. The van der Waals surface area contributed by atoms with Crippen LogP contribution in [0, 0.1) is 0 Å². The summed E-state index contributed by atoms with van der Waals surface area (Å²) in [6, 6.07) is 0. The maximum atomic E-state index is 6.09. The van der Waals surface area contributed by atoms with Gasteiger partial charge < -0.3 is 5.73 Å². The van der Waals surface area contributed by atoms with Gasteiger partial charge in [-0.2, -0.15) is 5.10 Å². The second-order valence-electron chi connectivity index (χ2n) is 3.75. The van der Waals surface area contributed by atoms with Gasteiger partial charge in [0.1, 0.15) is 0 Å². The highest BCUT2D eigenvalue weighted by atomic mass is 35.5. The second kappa shape index (κ2) is 2.46. The number of fused-ring (bicyclic) bond motifs is 1. The van der Waals surface area contributed by atoms with Gasteiger partial charge in [0.25, 0.3) is 0 Å². The number of halogens is 1. The molecular formula is C9H9ClN4. The molecule has 0 unspecified atom stereocenters. The monoisotopic (exact) mass is 208 g/mol. The third kappa shape index (κ3) is 1.04. The summed E-state index contributed by atoms with van der Waals surface area (Å²) < 4.78 is 1.67. The standard InChI is InChI=1S/C9H9ClN4/c10-6-3-12-8-7(9(11)1-2-9)4-13-14(8)5-6/h3-5H,1-2,11H2. The highest BCUT2D eigenvalue weighted by molar-refractivity contribution is 6.30. The van der Waals surface area contributed by atoms with Crippen molar-refractivity contribution in [3.05, 3.63) is 29.2 Å². The molecule has 0 atom stereocenters. The van der Waals surface area contributed by atoms with E-state index in [1.54, 1.807) is 23.1 Å². The van der Waals surface area contributed by atoms with Gasteiger partial charge in [-0.1, -0.05) is 11.6 Å². The molecule has 72 valence electrons. The highest BCUT2D eigenvalue weighted by Crippen LogP contribution is 2.43. The molecule has 5 heteroatoms. The SMILES string of the molecule is NC1(c2cnn3cc(Cl)cnc23)CC1. The molecule has 0 aliphatic heterocycles. The van der Waals surface area contributed by atoms with Gasteiger partial charge in [0.15, 0.2) is 5.65 Å². The van der Waals surface area contributed by atoms with Crippen LogP contribution in [0.4, 0.5) is 0 Å². The Labute approximate surface area is 85.7 Å². The summed E-state index contributed by atoms with van der Waals surface area (Å²) in [5.41, 5.74) is 7.73. The van der Waals surface area contributed by atoms with Crippen LogP contribution in [-0.2, 0) is 5.54 Å². The van der Waals surface area contributed by atoms with Crippen molar-refractivity contribution in [2.75, 3.05) is 0 Å². The molecule has 14 heavy (non-hydrogen) atoms. The van der Waals surface area contributed by atoms with Crippen molar-refractivity contribution in [2.24, 2.45) is 5.73 Å². The van der Waals surface area contributed by atoms with Crippen molar-refractivity contribution in [1.82, 2.24) is 14.6 Å². The van der Waals surface area contributed by atoms with Crippen LogP contribution in [0.2, 0.25) is 5.02 Å². The van der Waals surface area contributed by atoms with Crippen molar-refractivity contribution in [3.63, 3.8) is 0 Å². The second-order valence-corrected chi connectivity index (χ2v) is 4.19. The van der Waals surface area contributed by atoms with Gasteiger partial charge in [0.05, 0.1) is 17.4 Å². The average molecular weight is 209 g/mol. The van der Waals surface area contributed by atoms with Crippen molar-refractivity contribution in [2.45, 2.75) is 18.4 Å². The molecule has 1 saturated carbocycles. The van der Waals surface area contributed by atoms with E-state index < -0.39 is 0 Å². The summed E-state index contributed by atoms with van der Waals surface area (Å²) >= 11 is 5.80. The first-order chi connectivity index (χ1) is 6.69. The molecule has 0 aromatic carbocycles. The molecule has 0 amide bonds. The van der Waals surface area contributed by atoms with E-state index in [0.717, 1.165) is 24.1 Å². The lowest BCUT2D eigenvalue weighted by atomic mass is 10.1. The summed E-state index contributed by atoms with van der Waals surface area (Å²) in [5, 5.41) is 4.75. The number of nitrogens with zero attached hydrogens (tertiary/aromatic N) is 3. The van der Waals surface area contributed by atoms with Crippen LogP contribution in [0.15, 0.2) is 18.6 Å². The first kappa shape index (κ1) is 8.20. The quantitative estimate of drug-likeness (QED) is 0.769. The maximum Gasteiger partial charge on any atom is 0.160 e. The average Bonchev–Trinajstić information content (AvgIpc) is 2.77. The predicted octanol–water partition coefficient (Wildman–Crippen LogP) is 1.33. The Morgan fingerprint density at radius 3 is 2.93 bits per heavy atom. The Hall–Kier alpha value is -1.13. The van der Waals surface area contributed by atoms with Crippen LogP contribution in [0.3, 0.4) is 0 Å². The Morgan fingerprint density at radius 1 is 1.43 bits per heavy atom. The number of rotatable bonds is 1. The molecule has 1 fully saturated rings. The molecule has 2 aromatic heterocycles. The molecule has 0 radical (unpaired) electrons. The third-order valence-corrected chi connectivity index (χ3v) is 2.85. The van der Waals surface area contributed by atoms with Gasteiger partial charge in [0, 0.05) is 17.3 Å². The molecule has 0 bridgehead atoms. The zero-order valence-corrected chi connectivity index (χ0v) is 8.20. The summed E-state index contributed by atoms with van der Waals surface area (Å²) in [6.45, 7) is 0. The van der Waals surface area contributed by atoms with Crippen molar-refractivity contribution >= 4 is 17.2 Å². The van der Waals surface area contributed by atoms with Gasteiger partial charge >= 0.3 is 0 Å². The topological polar surface area (TPSA) is 56.2 Å². The highest BCUT2D eigenvalue weighted by Gasteiger charge is 2.42. The fourth-order valence-electron chi connectivity index (χ4n) is 1.61. The van der Waals surface area contributed by atoms with E-state index in [9.17, 15) is 0 Å². The fraction of sp³-hybridized carbons (Fsp3) is 0.333. The Morgan fingerprint density at radius 2 is 2.21 bits per heavy atom. The molecule has 2 aromatic rings. The molecule has 2 heterocycles. The normalized spacial score (nSPS) is 18.7. The predicted molar refractivity (Wildman–Crippen MR) is 53.1 cm³/mol. The lowest BCUT2D eigenvalue weighted by molar-refractivity contribution is 0.745. The van der Waals surface area contributed by atoms with Crippen molar-refractivity contribution < 1.29 is 0 Å². The lowest BCUT2D eigenvalue weighted by Crippen LogP contribution is -2.18. The van der Waals surface area contributed by atoms with Gasteiger partial charge in [0.2, 0.25) is 0 Å². The van der Waals surface area contributed by atoms with Crippen LogP contribution in [-0.4, -0.2) is 14.6 Å². The van der Waals surface area contributed by atoms with E-state index >= 15 is 0 Å².